The maximum absolute atomic E-state index is 12.6. The number of ether oxygens (including phenoxy) is 2. The Kier molecular flexibility index (Phi) is 4.73. The van der Waals surface area contributed by atoms with Crippen molar-refractivity contribution in [1.29, 1.82) is 0 Å². The first kappa shape index (κ1) is 16.7. The summed E-state index contributed by atoms with van der Waals surface area (Å²) in [6.45, 7) is 0. The zero-order valence-electron chi connectivity index (χ0n) is 13.4. The van der Waals surface area contributed by atoms with Gasteiger partial charge in [-0.25, -0.2) is 0 Å². The SMILES string of the molecule is COc1ccc(C(=O)N=c2sc3cccc(Br)c3n2C)c(OC)c1. The Labute approximate surface area is 151 Å². The normalized spacial score (nSPS) is 11.8. The zero-order chi connectivity index (χ0) is 17.3. The van der Waals surface area contributed by atoms with Gasteiger partial charge >= 0.3 is 0 Å². The third-order valence-corrected chi connectivity index (χ3v) is 5.35. The zero-order valence-corrected chi connectivity index (χ0v) is 15.8. The molecular formula is C17H15BrN2O3S. The third-order valence-electron chi connectivity index (χ3n) is 3.61. The van der Waals surface area contributed by atoms with Crippen molar-refractivity contribution in [3.63, 3.8) is 0 Å². The lowest BCUT2D eigenvalue weighted by atomic mass is 10.2. The minimum absolute atomic E-state index is 0.354. The Morgan fingerprint density at radius 1 is 1.21 bits per heavy atom. The van der Waals surface area contributed by atoms with Crippen LogP contribution in [0.2, 0.25) is 0 Å². The van der Waals surface area contributed by atoms with E-state index >= 15 is 0 Å². The molecule has 5 nitrogen and oxygen atoms in total. The van der Waals surface area contributed by atoms with Crippen LogP contribution in [0.5, 0.6) is 11.5 Å². The number of hydrogen-bond acceptors (Lipinski definition) is 4. The van der Waals surface area contributed by atoms with E-state index in [-0.39, 0.29) is 5.91 Å². The first-order chi connectivity index (χ1) is 11.5. The van der Waals surface area contributed by atoms with Crippen LogP contribution in [0.3, 0.4) is 0 Å². The van der Waals surface area contributed by atoms with Gasteiger partial charge < -0.3 is 14.0 Å². The molecule has 0 atom stereocenters. The predicted octanol–water partition coefficient (Wildman–Crippen LogP) is 3.76. The molecule has 0 bridgehead atoms. The third kappa shape index (κ3) is 2.97. The van der Waals surface area contributed by atoms with Crippen LogP contribution >= 0.6 is 27.3 Å². The first-order valence-electron chi connectivity index (χ1n) is 7.10. The van der Waals surface area contributed by atoms with Crippen molar-refractivity contribution in [2.45, 2.75) is 0 Å². The summed E-state index contributed by atoms with van der Waals surface area (Å²) in [6, 6.07) is 11.0. The van der Waals surface area contributed by atoms with E-state index < -0.39 is 0 Å². The highest BCUT2D eigenvalue weighted by atomic mass is 79.9. The number of aryl methyl sites for hydroxylation is 1. The van der Waals surface area contributed by atoms with Gasteiger partial charge in [0.25, 0.3) is 5.91 Å². The molecule has 1 aromatic heterocycles. The second kappa shape index (κ2) is 6.78. The number of hydrogen-bond donors (Lipinski definition) is 0. The average molecular weight is 407 g/mol. The number of rotatable bonds is 3. The first-order valence-corrected chi connectivity index (χ1v) is 8.71. The number of para-hydroxylation sites is 1. The van der Waals surface area contributed by atoms with Gasteiger partial charge in [0.1, 0.15) is 11.5 Å². The summed E-state index contributed by atoms with van der Waals surface area (Å²) in [6.07, 6.45) is 0. The van der Waals surface area contributed by atoms with E-state index in [2.05, 4.69) is 20.9 Å². The van der Waals surface area contributed by atoms with Crippen LogP contribution in [0, 0.1) is 0 Å². The van der Waals surface area contributed by atoms with Crippen molar-refractivity contribution in [1.82, 2.24) is 4.57 Å². The van der Waals surface area contributed by atoms with Crippen molar-refractivity contribution < 1.29 is 14.3 Å². The van der Waals surface area contributed by atoms with E-state index in [4.69, 9.17) is 9.47 Å². The van der Waals surface area contributed by atoms with E-state index in [1.165, 1.54) is 18.4 Å². The largest absolute Gasteiger partial charge is 0.497 e. The molecular weight excluding hydrogens is 392 g/mol. The number of benzene rings is 2. The van der Waals surface area contributed by atoms with E-state index in [1.54, 1.807) is 25.3 Å². The molecule has 0 unspecified atom stereocenters. The molecule has 24 heavy (non-hydrogen) atoms. The molecule has 0 N–H and O–H groups in total. The Balaban J connectivity index is 2.11. The molecule has 0 fully saturated rings. The lowest BCUT2D eigenvalue weighted by Gasteiger charge is -2.07. The molecule has 0 saturated heterocycles. The lowest BCUT2D eigenvalue weighted by Crippen LogP contribution is -2.14. The Morgan fingerprint density at radius 3 is 2.67 bits per heavy atom. The summed E-state index contributed by atoms with van der Waals surface area (Å²) in [5.41, 5.74) is 1.41. The number of nitrogens with zero attached hydrogens (tertiary/aromatic N) is 2. The molecule has 0 aliphatic carbocycles. The Bertz CT molecular complexity index is 991. The van der Waals surface area contributed by atoms with Crippen molar-refractivity contribution in [3.05, 3.63) is 51.2 Å². The van der Waals surface area contributed by atoms with Gasteiger partial charge in [-0.15, -0.1) is 0 Å². The summed E-state index contributed by atoms with van der Waals surface area (Å²) in [7, 11) is 4.97. The molecule has 7 heteroatoms. The molecule has 1 heterocycles. The Hall–Kier alpha value is -2.12. The van der Waals surface area contributed by atoms with Gasteiger partial charge in [-0.3, -0.25) is 4.79 Å². The molecule has 3 aromatic rings. The van der Waals surface area contributed by atoms with Crippen LogP contribution in [-0.4, -0.2) is 24.7 Å². The van der Waals surface area contributed by atoms with Gasteiger partial charge in [-0.1, -0.05) is 17.4 Å². The van der Waals surface area contributed by atoms with Crippen LogP contribution in [-0.2, 0) is 7.05 Å². The van der Waals surface area contributed by atoms with Crippen molar-refractivity contribution in [3.8, 4) is 11.5 Å². The monoisotopic (exact) mass is 406 g/mol. The average Bonchev–Trinajstić information content (AvgIpc) is 2.91. The fraction of sp³-hybridized carbons (Fsp3) is 0.176. The molecule has 0 spiro atoms. The van der Waals surface area contributed by atoms with Crippen LogP contribution < -0.4 is 14.3 Å². The number of methoxy groups -OCH3 is 2. The quantitative estimate of drug-likeness (QED) is 0.665. The molecule has 2 aromatic carbocycles. The van der Waals surface area contributed by atoms with Gasteiger partial charge in [0, 0.05) is 17.6 Å². The fourth-order valence-corrected chi connectivity index (χ4v) is 4.19. The fourth-order valence-electron chi connectivity index (χ4n) is 2.39. The number of carbonyl (C=O) groups is 1. The number of thiazole rings is 1. The summed E-state index contributed by atoms with van der Waals surface area (Å²) in [5.74, 6) is 0.709. The van der Waals surface area contributed by atoms with E-state index in [0.717, 1.165) is 14.7 Å². The maximum Gasteiger partial charge on any atom is 0.283 e. The summed E-state index contributed by atoms with van der Waals surface area (Å²) in [5, 5.41) is 0. The molecule has 3 rings (SSSR count). The van der Waals surface area contributed by atoms with Crippen molar-refractivity contribution in [2.75, 3.05) is 14.2 Å². The van der Waals surface area contributed by atoms with Crippen molar-refractivity contribution in [2.24, 2.45) is 12.0 Å². The van der Waals surface area contributed by atoms with Crippen LogP contribution in [0.4, 0.5) is 0 Å². The molecule has 0 radical (unpaired) electrons. The standard InChI is InChI=1S/C17H15BrN2O3S/c1-20-15-12(18)5-4-6-14(15)24-17(20)19-16(21)11-8-7-10(22-2)9-13(11)23-3/h4-9H,1-3H3. The minimum Gasteiger partial charge on any atom is -0.497 e. The molecule has 0 aliphatic rings. The highest BCUT2D eigenvalue weighted by Gasteiger charge is 2.14. The van der Waals surface area contributed by atoms with Gasteiger partial charge in [0.2, 0.25) is 0 Å². The second-order valence-corrected chi connectivity index (χ2v) is 6.88. The summed E-state index contributed by atoms with van der Waals surface area (Å²) >= 11 is 5.00. The molecule has 0 aliphatic heterocycles. The number of amides is 1. The Morgan fingerprint density at radius 2 is 2.00 bits per heavy atom. The second-order valence-electron chi connectivity index (χ2n) is 5.01. The van der Waals surface area contributed by atoms with E-state index in [1.807, 2.05) is 29.8 Å². The number of halogens is 1. The smallest absolute Gasteiger partial charge is 0.283 e. The van der Waals surface area contributed by atoms with Gasteiger partial charge in [0.15, 0.2) is 4.80 Å². The van der Waals surface area contributed by atoms with Crippen LogP contribution in [0.25, 0.3) is 10.2 Å². The van der Waals surface area contributed by atoms with Crippen LogP contribution in [0.15, 0.2) is 45.9 Å². The number of aromatic nitrogens is 1. The molecule has 1 amide bonds. The van der Waals surface area contributed by atoms with E-state index in [9.17, 15) is 4.79 Å². The topological polar surface area (TPSA) is 52.8 Å². The van der Waals surface area contributed by atoms with Crippen molar-refractivity contribution >= 4 is 43.4 Å². The summed E-state index contributed by atoms with van der Waals surface area (Å²) in [4.78, 5) is 17.5. The highest BCUT2D eigenvalue weighted by Crippen LogP contribution is 2.26. The highest BCUT2D eigenvalue weighted by molar-refractivity contribution is 9.10. The molecule has 124 valence electrons. The number of fused-ring (bicyclic) bond motifs is 1. The lowest BCUT2D eigenvalue weighted by molar-refractivity contribution is 0.0995. The van der Waals surface area contributed by atoms with Gasteiger partial charge in [-0.2, -0.15) is 4.99 Å². The van der Waals surface area contributed by atoms with Gasteiger partial charge in [0.05, 0.1) is 30.0 Å². The minimum atomic E-state index is -0.354. The van der Waals surface area contributed by atoms with E-state index in [0.29, 0.717) is 21.9 Å². The molecule has 0 saturated carbocycles. The van der Waals surface area contributed by atoms with Gasteiger partial charge in [-0.05, 0) is 40.2 Å². The summed E-state index contributed by atoms with van der Waals surface area (Å²) < 4.78 is 14.4. The predicted molar refractivity (Wildman–Crippen MR) is 97.9 cm³/mol. The maximum atomic E-state index is 12.6. The number of carbonyl (C=O) groups excluding carboxylic acids is 1. The van der Waals surface area contributed by atoms with Crippen LogP contribution in [0.1, 0.15) is 10.4 Å².